The molecule has 1 amide bonds. The number of thioether (sulfide) groups is 1. The molecule has 198 valence electrons. The van der Waals surface area contributed by atoms with Crippen LogP contribution in [0.3, 0.4) is 0 Å². The molecule has 0 aromatic heterocycles. The molecule has 0 heterocycles. The van der Waals surface area contributed by atoms with Crippen molar-refractivity contribution >= 4 is 23.6 Å². The molecule has 1 unspecified atom stereocenters. The van der Waals surface area contributed by atoms with Crippen molar-refractivity contribution in [3.05, 3.63) is 65.7 Å². The van der Waals surface area contributed by atoms with Gasteiger partial charge >= 0.3 is 5.97 Å². The van der Waals surface area contributed by atoms with E-state index in [9.17, 15) is 14.7 Å². The topological polar surface area (TPSA) is 75.6 Å². The largest absolute Gasteiger partial charge is 0.480 e. The van der Waals surface area contributed by atoms with Crippen LogP contribution in [-0.4, -0.2) is 34.2 Å². The highest BCUT2D eigenvalue weighted by molar-refractivity contribution is 7.99. The summed E-state index contributed by atoms with van der Waals surface area (Å²) >= 11 is 1.82. The number of carbonyl (C=O) groups is 2. The Morgan fingerprint density at radius 1 is 0.861 bits per heavy atom. The Labute approximate surface area is 221 Å². The van der Waals surface area contributed by atoms with Crippen molar-refractivity contribution in [1.82, 2.24) is 5.32 Å². The molecule has 0 aliphatic heterocycles. The van der Waals surface area contributed by atoms with Crippen molar-refractivity contribution in [1.29, 1.82) is 0 Å². The van der Waals surface area contributed by atoms with Crippen LogP contribution >= 0.6 is 11.8 Å². The number of hydrogen-bond donors (Lipinski definition) is 2. The fourth-order valence-electron chi connectivity index (χ4n) is 4.04. The fraction of sp³-hybridized carbons (Fsp3) is 0.533. The average molecular weight is 514 g/mol. The molecule has 0 bridgehead atoms. The van der Waals surface area contributed by atoms with Crippen LogP contribution < -0.4 is 10.1 Å². The minimum absolute atomic E-state index is 0.0614. The standard InChI is InChI=1S/C30H43NO4S/c1-3-4-5-6-7-8-9-10-11-15-22-36-24(2)35-27-20-18-25(19-21-27)23-28(30(33)34)31-29(32)26-16-13-12-14-17-26/h12-14,16-21,24,28H,3-11,15,22-23H2,1-2H3,(H,31,32)(H,33,34)/t24?,28-/m0/s1. The van der Waals surface area contributed by atoms with E-state index >= 15 is 0 Å². The van der Waals surface area contributed by atoms with Crippen LogP contribution in [0.15, 0.2) is 54.6 Å². The molecule has 2 atom stereocenters. The van der Waals surface area contributed by atoms with E-state index in [4.69, 9.17) is 4.74 Å². The number of ether oxygens (including phenoxy) is 1. The molecule has 36 heavy (non-hydrogen) atoms. The lowest BCUT2D eigenvalue weighted by Gasteiger charge is -2.16. The van der Waals surface area contributed by atoms with E-state index in [-0.39, 0.29) is 11.9 Å². The predicted molar refractivity (Wildman–Crippen MR) is 150 cm³/mol. The van der Waals surface area contributed by atoms with Crippen LogP contribution in [0.4, 0.5) is 0 Å². The van der Waals surface area contributed by atoms with E-state index in [1.807, 2.05) is 42.1 Å². The Morgan fingerprint density at radius 2 is 1.44 bits per heavy atom. The highest BCUT2D eigenvalue weighted by Gasteiger charge is 2.21. The normalized spacial score (nSPS) is 12.6. The van der Waals surface area contributed by atoms with Crippen molar-refractivity contribution < 1.29 is 19.4 Å². The molecule has 0 aliphatic carbocycles. The molecule has 0 spiro atoms. The summed E-state index contributed by atoms with van der Waals surface area (Å²) in [4.78, 5) is 24.0. The molecular formula is C30H43NO4S. The van der Waals surface area contributed by atoms with Crippen LogP contribution in [-0.2, 0) is 11.2 Å². The third kappa shape index (κ3) is 12.5. The van der Waals surface area contributed by atoms with Gasteiger partial charge in [0, 0.05) is 12.0 Å². The highest BCUT2D eigenvalue weighted by atomic mass is 32.2. The van der Waals surface area contributed by atoms with E-state index in [0.717, 1.165) is 17.1 Å². The quantitative estimate of drug-likeness (QED) is 0.150. The number of carboxylic acids is 1. The Hall–Kier alpha value is -2.47. The maximum atomic E-state index is 12.3. The third-order valence-electron chi connectivity index (χ3n) is 6.16. The van der Waals surface area contributed by atoms with E-state index in [2.05, 4.69) is 19.2 Å². The van der Waals surface area contributed by atoms with Crippen molar-refractivity contribution in [2.75, 3.05) is 5.75 Å². The molecule has 2 rings (SSSR count). The zero-order valence-corrected chi connectivity index (χ0v) is 22.7. The number of amides is 1. The molecular weight excluding hydrogens is 470 g/mol. The molecule has 0 saturated carbocycles. The summed E-state index contributed by atoms with van der Waals surface area (Å²) in [7, 11) is 0. The summed E-state index contributed by atoms with van der Waals surface area (Å²) in [5.41, 5.74) is 1.33. The number of carboxylic acid groups (broad SMARTS) is 1. The van der Waals surface area contributed by atoms with Gasteiger partial charge in [0.1, 0.15) is 17.2 Å². The van der Waals surface area contributed by atoms with Gasteiger partial charge in [-0.2, -0.15) is 0 Å². The number of unbranched alkanes of at least 4 members (excludes halogenated alkanes) is 9. The monoisotopic (exact) mass is 513 g/mol. The second-order valence-electron chi connectivity index (χ2n) is 9.32. The molecule has 0 radical (unpaired) electrons. The van der Waals surface area contributed by atoms with E-state index in [0.29, 0.717) is 5.56 Å². The zero-order chi connectivity index (χ0) is 26.0. The predicted octanol–water partition coefficient (Wildman–Crippen LogP) is 7.49. The minimum Gasteiger partial charge on any atom is -0.480 e. The highest BCUT2D eigenvalue weighted by Crippen LogP contribution is 2.21. The smallest absolute Gasteiger partial charge is 0.326 e. The third-order valence-corrected chi connectivity index (χ3v) is 7.25. The molecule has 2 N–H and O–H groups in total. The van der Waals surface area contributed by atoms with Crippen molar-refractivity contribution in [2.45, 2.75) is 96.0 Å². The number of benzene rings is 2. The number of aliphatic carboxylic acids is 1. The summed E-state index contributed by atoms with van der Waals surface area (Å²) in [5.74, 6) is 0.409. The molecule has 0 saturated heterocycles. The summed E-state index contributed by atoms with van der Waals surface area (Å²) in [6, 6.07) is 15.1. The van der Waals surface area contributed by atoms with E-state index in [1.54, 1.807) is 24.3 Å². The van der Waals surface area contributed by atoms with Crippen LogP contribution in [0.5, 0.6) is 5.75 Å². The Kier molecular flexibility index (Phi) is 14.8. The van der Waals surface area contributed by atoms with Crippen molar-refractivity contribution in [3.8, 4) is 5.75 Å². The van der Waals surface area contributed by atoms with Gasteiger partial charge in [0.05, 0.1) is 0 Å². The molecule has 0 fully saturated rings. The maximum absolute atomic E-state index is 12.3. The van der Waals surface area contributed by atoms with Crippen molar-refractivity contribution in [2.24, 2.45) is 0 Å². The molecule has 6 heteroatoms. The van der Waals surface area contributed by atoms with Gasteiger partial charge in [0.25, 0.3) is 5.91 Å². The first-order valence-corrected chi connectivity index (χ1v) is 14.5. The Balaban J connectivity index is 1.64. The Morgan fingerprint density at radius 3 is 2.03 bits per heavy atom. The lowest BCUT2D eigenvalue weighted by atomic mass is 10.1. The summed E-state index contributed by atoms with van der Waals surface area (Å²) in [6.07, 6.45) is 13.6. The van der Waals surface area contributed by atoms with Crippen LogP contribution in [0.25, 0.3) is 0 Å². The average Bonchev–Trinajstić information content (AvgIpc) is 2.88. The van der Waals surface area contributed by atoms with Crippen LogP contribution in [0.1, 0.15) is 94.0 Å². The lowest BCUT2D eigenvalue weighted by molar-refractivity contribution is -0.139. The fourth-order valence-corrected chi connectivity index (χ4v) is 4.92. The van der Waals surface area contributed by atoms with Gasteiger partial charge in [-0.3, -0.25) is 4.79 Å². The number of nitrogens with one attached hydrogen (secondary N) is 1. The number of carbonyl (C=O) groups excluding carboxylic acids is 1. The van der Waals surface area contributed by atoms with Gasteiger partial charge in [-0.25, -0.2) is 4.79 Å². The SMILES string of the molecule is CCCCCCCCCCCCSC(C)Oc1ccc(C[C@H](NC(=O)c2ccccc2)C(=O)O)cc1. The lowest BCUT2D eigenvalue weighted by Crippen LogP contribution is -2.42. The summed E-state index contributed by atoms with van der Waals surface area (Å²) in [5, 5.41) is 12.2. The molecule has 2 aromatic carbocycles. The zero-order valence-electron chi connectivity index (χ0n) is 21.9. The minimum atomic E-state index is -1.06. The number of rotatable bonds is 19. The van der Waals surface area contributed by atoms with Gasteiger partial charge in [-0.05, 0) is 48.9 Å². The second-order valence-corrected chi connectivity index (χ2v) is 10.7. The molecule has 2 aromatic rings. The number of hydrogen-bond acceptors (Lipinski definition) is 4. The van der Waals surface area contributed by atoms with Gasteiger partial charge in [-0.1, -0.05) is 95.0 Å². The first-order valence-electron chi connectivity index (χ1n) is 13.5. The van der Waals surface area contributed by atoms with Crippen molar-refractivity contribution in [3.63, 3.8) is 0 Å². The second kappa shape index (κ2) is 17.9. The molecule has 0 aliphatic rings. The Bertz CT molecular complexity index is 872. The summed E-state index contributed by atoms with van der Waals surface area (Å²) in [6.45, 7) is 4.32. The van der Waals surface area contributed by atoms with E-state index < -0.39 is 17.9 Å². The van der Waals surface area contributed by atoms with Crippen LogP contribution in [0, 0.1) is 0 Å². The first kappa shape index (κ1) is 29.8. The maximum Gasteiger partial charge on any atom is 0.326 e. The summed E-state index contributed by atoms with van der Waals surface area (Å²) < 4.78 is 6.01. The van der Waals surface area contributed by atoms with E-state index in [1.165, 1.54) is 64.2 Å². The van der Waals surface area contributed by atoms with Gasteiger partial charge in [-0.15, -0.1) is 11.8 Å². The van der Waals surface area contributed by atoms with Gasteiger partial charge in [0.2, 0.25) is 0 Å². The molecule has 5 nitrogen and oxygen atoms in total. The first-order chi connectivity index (χ1) is 17.5. The van der Waals surface area contributed by atoms with Gasteiger partial charge in [0.15, 0.2) is 0 Å². The van der Waals surface area contributed by atoms with Crippen LogP contribution in [0.2, 0.25) is 0 Å². The van der Waals surface area contributed by atoms with Gasteiger partial charge < -0.3 is 15.2 Å².